The second-order valence-corrected chi connectivity index (χ2v) is 6.57. The van der Waals surface area contributed by atoms with Gasteiger partial charge in [0.05, 0.1) is 14.2 Å². The highest BCUT2D eigenvalue weighted by Crippen LogP contribution is 2.27. The molecule has 0 aliphatic heterocycles. The van der Waals surface area contributed by atoms with Crippen molar-refractivity contribution >= 4 is 5.91 Å². The number of ether oxygens (including phenoxy) is 3. The lowest BCUT2D eigenvalue weighted by molar-refractivity contribution is 0.0922. The highest BCUT2D eigenvalue weighted by molar-refractivity contribution is 5.91. The van der Waals surface area contributed by atoms with Gasteiger partial charge in [0.15, 0.2) is 17.3 Å². The van der Waals surface area contributed by atoms with Crippen LogP contribution in [0.4, 0.5) is 0 Å². The molecule has 0 unspecified atom stereocenters. The summed E-state index contributed by atoms with van der Waals surface area (Å²) in [7, 11) is 3.20. The van der Waals surface area contributed by atoms with Gasteiger partial charge < -0.3 is 23.9 Å². The minimum absolute atomic E-state index is 0.257. The first-order valence-electron chi connectivity index (χ1n) is 9.36. The molecule has 6 heteroatoms. The molecule has 3 rings (SSSR count). The molecular formula is C23H25NO5. The minimum atomic E-state index is -0.257. The van der Waals surface area contributed by atoms with Gasteiger partial charge in [-0.25, -0.2) is 0 Å². The van der Waals surface area contributed by atoms with Gasteiger partial charge in [-0.2, -0.15) is 0 Å². The number of amides is 1. The molecule has 152 valence electrons. The summed E-state index contributed by atoms with van der Waals surface area (Å²) < 4.78 is 21.8. The van der Waals surface area contributed by atoms with Crippen LogP contribution in [0.3, 0.4) is 0 Å². The molecule has 29 heavy (non-hydrogen) atoms. The van der Waals surface area contributed by atoms with Crippen molar-refractivity contribution in [1.82, 2.24) is 5.32 Å². The van der Waals surface area contributed by atoms with Crippen LogP contribution in [-0.2, 0) is 13.0 Å². The maximum absolute atomic E-state index is 12.3. The van der Waals surface area contributed by atoms with Gasteiger partial charge in [-0.05, 0) is 60.9 Å². The van der Waals surface area contributed by atoms with Crippen molar-refractivity contribution < 1.29 is 23.4 Å². The molecule has 0 fully saturated rings. The van der Waals surface area contributed by atoms with Gasteiger partial charge in [0.2, 0.25) is 0 Å². The van der Waals surface area contributed by atoms with Crippen LogP contribution >= 0.6 is 0 Å². The van der Waals surface area contributed by atoms with Gasteiger partial charge >= 0.3 is 0 Å². The van der Waals surface area contributed by atoms with E-state index in [1.807, 2.05) is 49.4 Å². The number of benzene rings is 2. The zero-order valence-electron chi connectivity index (χ0n) is 16.9. The molecule has 0 bridgehead atoms. The summed E-state index contributed by atoms with van der Waals surface area (Å²) in [6.45, 7) is 2.75. The number of aryl methyl sites for hydroxylation is 1. The summed E-state index contributed by atoms with van der Waals surface area (Å²) in [4.78, 5) is 12.3. The summed E-state index contributed by atoms with van der Waals surface area (Å²) in [5.74, 6) is 2.71. The second kappa shape index (κ2) is 9.68. The molecule has 1 aromatic heterocycles. The van der Waals surface area contributed by atoms with Crippen molar-refractivity contribution in [1.29, 1.82) is 0 Å². The Balaban J connectivity index is 1.49. The molecule has 2 aromatic carbocycles. The second-order valence-electron chi connectivity index (χ2n) is 6.57. The molecule has 1 amide bonds. The first kappa shape index (κ1) is 20.3. The average Bonchev–Trinajstić information content (AvgIpc) is 3.21. The fourth-order valence-electron chi connectivity index (χ4n) is 2.88. The van der Waals surface area contributed by atoms with E-state index in [0.717, 1.165) is 16.9 Å². The van der Waals surface area contributed by atoms with Gasteiger partial charge in [0.25, 0.3) is 5.91 Å². The summed E-state index contributed by atoms with van der Waals surface area (Å²) in [5, 5.41) is 2.86. The average molecular weight is 395 g/mol. The first-order chi connectivity index (χ1) is 14.1. The van der Waals surface area contributed by atoms with Crippen molar-refractivity contribution in [3.63, 3.8) is 0 Å². The monoisotopic (exact) mass is 395 g/mol. The topological polar surface area (TPSA) is 69.9 Å². The fraction of sp³-hybridized carbons (Fsp3) is 0.261. The van der Waals surface area contributed by atoms with E-state index in [9.17, 15) is 4.79 Å². The predicted octanol–water partition coefficient (Wildman–Crippen LogP) is 4.16. The van der Waals surface area contributed by atoms with E-state index in [4.69, 9.17) is 18.6 Å². The fourth-order valence-corrected chi connectivity index (χ4v) is 2.88. The number of hydrogen-bond acceptors (Lipinski definition) is 5. The van der Waals surface area contributed by atoms with Crippen LogP contribution in [0.1, 0.15) is 27.4 Å². The summed E-state index contributed by atoms with van der Waals surface area (Å²) in [6.07, 6.45) is 0.663. The molecule has 3 aromatic rings. The van der Waals surface area contributed by atoms with E-state index < -0.39 is 0 Å². The third-order valence-corrected chi connectivity index (χ3v) is 4.40. The molecule has 0 saturated heterocycles. The van der Waals surface area contributed by atoms with Gasteiger partial charge in [-0.15, -0.1) is 0 Å². The van der Waals surface area contributed by atoms with Crippen LogP contribution < -0.4 is 19.5 Å². The maximum Gasteiger partial charge on any atom is 0.287 e. The zero-order valence-corrected chi connectivity index (χ0v) is 16.9. The highest BCUT2D eigenvalue weighted by atomic mass is 16.5. The normalized spacial score (nSPS) is 10.4. The van der Waals surface area contributed by atoms with E-state index in [1.165, 1.54) is 0 Å². The predicted molar refractivity (Wildman–Crippen MR) is 110 cm³/mol. The van der Waals surface area contributed by atoms with E-state index >= 15 is 0 Å². The van der Waals surface area contributed by atoms with Crippen LogP contribution in [0.5, 0.6) is 17.2 Å². The first-order valence-corrected chi connectivity index (χ1v) is 9.36. The van der Waals surface area contributed by atoms with Crippen molar-refractivity contribution in [3.8, 4) is 17.2 Å². The lowest BCUT2D eigenvalue weighted by Crippen LogP contribution is -2.25. The number of hydrogen-bond donors (Lipinski definition) is 1. The van der Waals surface area contributed by atoms with E-state index in [-0.39, 0.29) is 18.3 Å². The van der Waals surface area contributed by atoms with E-state index in [2.05, 4.69) is 5.32 Å². The Kier molecular flexibility index (Phi) is 6.79. The lowest BCUT2D eigenvalue weighted by atomic mass is 10.1. The Hall–Kier alpha value is -3.41. The molecule has 1 N–H and O–H groups in total. The van der Waals surface area contributed by atoms with Crippen molar-refractivity contribution in [2.75, 3.05) is 20.8 Å². The summed E-state index contributed by atoms with van der Waals surface area (Å²) in [6, 6.07) is 16.9. The minimum Gasteiger partial charge on any atom is -0.493 e. The number of carbonyl (C=O) groups excluding carboxylic acids is 1. The summed E-state index contributed by atoms with van der Waals surface area (Å²) in [5.41, 5.74) is 2.16. The molecule has 1 heterocycles. The molecule has 0 spiro atoms. The quantitative estimate of drug-likeness (QED) is 0.589. The van der Waals surface area contributed by atoms with E-state index in [1.54, 1.807) is 26.4 Å². The smallest absolute Gasteiger partial charge is 0.287 e. The largest absolute Gasteiger partial charge is 0.493 e. The number of nitrogens with one attached hydrogen (secondary N) is 1. The number of rotatable bonds is 9. The highest BCUT2D eigenvalue weighted by Gasteiger charge is 2.12. The summed E-state index contributed by atoms with van der Waals surface area (Å²) >= 11 is 0. The molecule has 0 aliphatic rings. The van der Waals surface area contributed by atoms with E-state index in [0.29, 0.717) is 30.2 Å². The number of furan rings is 1. The lowest BCUT2D eigenvalue weighted by Gasteiger charge is -2.09. The Morgan fingerprint density at radius 1 is 1.00 bits per heavy atom. The van der Waals surface area contributed by atoms with Gasteiger partial charge in [0.1, 0.15) is 18.1 Å². The third kappa shape index (κ3) is 5.54. The Morgan fingerprint density at radius 2 is 1.83 bits per heavy atom. The molecule has 0 saturated carbocycles. The van der Waals surface area contributed by atoms with Crippen LogP contribution in [0.15, 0.2) is 59.0 Å². The van der Waals surface area contributed by atoms with Gasteiger partial charge in [0, 0.05) is 6.54 Å². The van der Waals surface area contributed by atoms with Crippen molar-refractivity contribution in [3.05, 3.63) is 77.2 Å². The Bertz CT molecular complexity index is 963. The van der Waals surface area contributed by atoms with Gasteiger partial charge in [-0.1, -0.05) is 18.2 Å². The van der Waals surface area contributed by atoms with Crippen LogP contribution in [-0.4, -0.2) is 26.7 Å². The maximum atomic E-state index is 12.3. The SMILES string of the molecule is COc1ccc(CCNC(=O)c2ccc(COc3cccc(C)c3)o2)cc1OC. The molecular weight excluding hydrogens is 370 g/mol. The van der Waals surface area contributed by atoms with Crippen molar-refractivity contribution in [2.45, 2.75) is 20.0 Å². The van der Waals surface area contributed by atoms with Crippen LogP contribution in [0.2, 0.25) is 0 Å². The van der Waals surface area contributed by atoms with Crippen molar-refractivity contribution in [2.24, 2.45) is 0 Å². The standard InChI is InChI=1S/C23H25NO5/c1-16-5-4-6-18(13-16)28-15-19-8-10-21(29-19)23(25)24-12-11-17-7-9-20(26-2)22(14-17)27-3/h4-10,13-14H,11-12,15H2,1-3H3,(H,24,25). The molecule has 0 aliphatic carbocycles. The number of carbonyl (C=O) groups is 1. The Morgan fingerprint density at radius 3 is 2.59 bits per heavy atom. The van der Waals surface area contributed by atoms with Crippen LogP contribution in [0, 0.1) is 6.92 Å². The molecule has 0 radical (unpaired) electrons. The molecule has 0 atom stereocenters. The number of methoxy groups -OCH3 is 2. The third-order valence-electron chi connectivity index (χ3n) is 4.40. The molecule has 6 nitrogen and oxygen atoms in total. The van der Waals surface area contributed by atoms with Crippen LogP contribution in [0.25, 0.3) is 0 Å². The zero-order chi connectivity index (χ0) is 20.6. The Labute approximate surface area is 170 Å². The van der Waals surface area contributed by atoms with Gasteiger partial charge in [-0.3, -0.25) is 4.79 Å².